The molecule has 95 valence electrons. The monoisotopic (exact) mass is 241 g/mol. The van der Waals surface area contributed by atoms with E-state index in [9.17, 15) is 0 Å². The van der Waals surface area contributed by atoms with E-state index in [-0.39, 0.29) is 0 Å². The molecule has 0 saturated carbocycles. The lowest BCUT2D eigenvalue weighted by atomic mass is 10.0. The molecule has 0 heterocycles. The number of allylic oxidation sites excluding steroid dienone is 5. The molecule has 0 fully saturated rings. The third-order valence-corrected chi connectivity index (χ3v) is 2.51. The molecule has 18 heavy (non-hydrogen) atoms. The van der Waals surface area contributed by atoms with Gasteiger partial charge in [-0.3, -0.25) is 0 Å². The molecule has 0 atom stereocenters. The molecule has 0 spiro atoms. The fraction of sp³-hybridized carbons (Fsp3) is 0.235. The minimum atomic E-state index is 0.769. The number of hydrogen-bond donors (Lipinski definition) is 0. The highest BCUT2D eigenvalue weighted by Crippen LogP contribution is 2.15. The highest BCUT2D eigenvalue weighted by molar-refractivity contribution is 5.33. The summed E-state index contributed by atoms with van der Waals surface area (Å²) in [6.45, 7) is 10.4. The summed E-state index contributed by atoms with van der Waals surface area (Å²) >= 11 is 0. The molecule has 0 aliphatic heterocycles. The van der Waals surface area contributed by atoms with E-state index in [0.29, 0.717) is 0 Å². The van der Waals surface area contributed by atoms with Crippen LogP contribution in [0.2, 0.25) is 0 Å². The zero-order valence-corrected chi connectivity index (χ0v) is 11.1. The number of benzene rings is 1. The second kappa shape index (κ2) is 8.35. The van der Waals surface area contributed by atoms with Crippen molar-refractivity contribution in [3.05, 3.63) is 73.2 Å². The Balaban J connectivity index is 2.64. The smallest absolute Gasteiger partial charge is 0.119 e. The van der Waals surface area contributed by atoms with Gasteiger partial charge in [0.15, 0.2) is 0 Å². The van der Waals surface area contributed by atoms with Gasteiger partial charge in [-0.1, -0.05) is 49.9 Å². The summed E-state index contributed by atoms with van der Waals surface area (Å²) in [4.78, 5) is 0. The molecule has 1 aromatic carbocycles. The highest BCUT2D eigenvalue weighted by atomic mass is 16.5. The molecule has 0 aromatic heterocycles. The van der Waals surface area contributed by atoms with Crippen molar-refractivity contribution in [2.24, 2.45) is 0 Å². The molecule has 1 heteroatoms. The van der Waals surface area contributed by atoms with E-state index in [1.165, 1.54) is 11.1 Å². The molecule has 1 rings (SSSR count). The van der Waals surface area contributed by atoms with E-state index >= 15 is 0 Å². The van der Waals surface area contributed by atoms with Crippen molar-refractivity contribution in [2.75, 3.05) is 6.61 Å². The van der Waals surface area contributed by atoms with Crippen LogP contribution < -0.4 is 4.74 Å². The van der Waals surface area contributed by atoms with Gasteiger partial charge in [-0.15, -0.1) is 0 Å². The Morgan fingerprint density at radius 3 is 2.56 bits per heavy atom. The van der Waals surface area contributed by atoms with Gasteiger partial charge in [0.2, 0.25) is 0 Å². The topological polar surface area (TPSA) is 9.23 Å². The molecule has 1 aromatic rings. The minimum absolute atomic E-state index is 0.769. The van der Waals surface area contributed by atoms with Gasteiger partial charge in [-0.25, -0.2) is 0 Å². The lowest BCUT2D eigenvalue weighted by Crippen LogP contribution is -1.95. The van der Waals surface area contributed by atoms with E-state index in [2.05, 4.69) is 32.6 Å². The SMILES string of the molecule is [CH2]/C=C\C=C(/C=C)Cc1ccc(OCCC)cc1. The zero-order valence-electron chi connectivity index (χ0n) is 11.1. The van der Waals surface area contributed by atoms with Crippen molar-refractivity contribution >= 4 is 0 Å². The van der Waals surface area contributed by atoms with E-state index in [1.807, 2.05) is 30.4 Å². The Morgan fingerprint density at radius 1 is 1.28 bits per heavy atom. The predicted octanol–water partition coefficient (Wildman–Crippen LogP) is 4.52. The second-order valence-corrected chi connectivity index (χ2v) is 4.04. The first-order valence-corrected chi connectivity index (χ1v) is 6.29. The molecular formula is C17H21O. The Labute approximate surface area is 110 Å². The average molecular weight is 241 g/mol. The van der Waals surface area contributed by atoms with Crippen LogP contribution in [0, 0.1) is 6.92 Å². The first-order chi connectivity index (χ1) is 8.80. The van der Waals surface area contributed by atoms with Gasteiger partial charge in [-0.05, 0) is 43.0 Å². The van der Waals surface area contributed by atoms with Crippen LogP contribution in [-0.2, 0) is 6.42 Å². The molecule has 0 saturated heterocycles. The summed E-state index contributed by atoms with van der Waals surface area (Å²) in [6, 6.07) is 8.22. The van der Waals surface area contributed by atoms with Gasteiger partial charge in [0.05, 0.1) is 6.61 Å². The predicted molar refractivity (Wildman–Crippen MR) is 78.7 cm³/mol. The highest BCUT2D eigenvalue weighted by Gasteiger charge is 1.97. The molecule has 0 aliphatic carbocycles. The quantitative estimate of drug-likeness (QED) is 0.638. The van der Waals surface area contributed by atoms with Crippen molar-refractivity contribution in [3.63, 3.8) is 0 Å². The van der Waals surface area contributed by atoms with E-state index in [4.69, 9.17) is 4.74 Å². The van der Waals surface area contributed by atoms with Crippen molar-refractivity contribution < 1.29 is 4.74 Å². The maximum atomic E-state index is 5.55. The summed E-state index contributed by atoms with van der Waals surface area (Å²) in [5, 5.41) is 0. The lowest BCUT2D eigenvalue weighted by molar-refractivity contribution is 0.317. The fourth-order valence-electron chi connectivity index (χ4n) is 1.55. The first-order valence-electron chi connectivity index (χ1n) is 6.29. The van der Waals surface area contributed by atoms with Crippen molar-refractivity contribution in [1.29, 1.82) is 0 Å². The van der Waals surface area contributed by atoms with Crippen LogP contribution in [0.3, 0.4) is 0 Å². The number of ether oxygens (including phenoxy) is 1. The van der Waals surface area contributed by atoms with Gasteiger partial charge in [0.1, 0.15) is 5.75 Å². The summed E-state index contributed by atoms with van der Waals surface area (Å²) < 4.78 is 5.55. The van der Waals surface area contributed by atoms with E-state index in [0.717, 1.165) is 25.2 Å². The van der Waals surface area contributed by atoms with Crippen LogP contribution in [-0.4, -0.2) is 6.61 Å². The minimum Gasteiger partial charge on any atom is -0.494 e. The Morgan fingerprint density at radius 2 is 2.00 bits per heavy atom. The standard InChI is InChI=1S/C17H21O/c1-4-7-8-15(6-3)14-16-9-11-17(12-10-16)18-13-5-2/h4,6-12H,1,3,5,13-14H2,2H3/b7-4-,15-8+. The van der Waals surface area contributed by atoms with Gasteiger partial charge >= 0.3 is 0 Å². The maximum absolute atomic E-state index is 5.55. The number of hydrogen-bond acceptors (Lipinski definition) is 1. The largest absolute Gasteiger partial charge is 0.494 e. The van der Waals surface area contributed by atoms with Gasteiger partial charge < -0.3 is 4.74 Å². The van der Waals surface area contributed by atoms with Crippen LogP contribution >= 0.6 is 0 Å². The molecular weight excluding hydrogens is 220 g/mol. The van der Waals surface area contributed by atoms with Crippen molar-refractivity contribution in [1.82, 2.24) is 0 Å². The second-order valence-electron chi connectivity index (χ2n) is 4.04. The Hall–Kier alpha value is -1.76. The molecule has 0 N–H and O–H groups in total. The van der Waals surface area contributed by atoms with Crippen molar-refractivity contribution in [2.45, 2.75) is 19.8 Å². The summed E-state index contributed by atoms with van der Waals surface area (Å²) in [6.07, 6.45) is 9.51. The van der Waals surface area contributed by atoms with E-state index in [1.54, 1.807) is 6.08 Å². The van der Waals surface area contributed by atoms with Gasteiger partial charge in [0.25, 0.3) is 0 Å². The van der Waals surface area contributed by atoms with E-state index < -0.39 is 0 Å². The Bertz CT molecular complexity index is 410. The third kappa shape index (κ3) is 5.05. The van der Waals surface area contributed by atoms with Crippen LogP contribution in [0.1, 0.15) is 18.9 Å². The molecule has 0 bridgehead atoms. The summed E-state index contributed by atoms with van der Waals surface area (Å²) in [7, 11) is 0. The first kappa shape index (κ1) is 14.3. The molecule has 0 aliphatic rings. The van der Waals surface area contributed by atoms with Crippen LogP contribution in [0.5, 0.6) is 5.75 Å². The molecule has 0 amide bonds. The average Bonchev–Trinajstić information content (AvgIpc) is 2.42. The lowest BCUT2D eigenvalue weighted by Gasteiger charge is -2.06. The number of rotatable bonds is 7. The van der Waals surface area contributed by atoms with Crippen LogP contribution in [0.4, 0.5) is 0 Å². The van der Waals surface area contributed by atoms with Crippen LogP contribution in [0.25, 0.3) is 0 Å². The molecule has 0 unspecified atom stereocenters. The van der Waals surface area contributed by atoms with Gasteiger partial charge in [-0.2, -0.15) is 0 Å². The summed E-state index contributed by atoms with van der Waals surface area (Å²) in [5.74, 6) is 0.933. The molecule has 1 radical (unpaired) electrons. The van der Waals surface area contributed by atoms with Gasteiger partial charge in [0, 0.05) is 0 Å². The van der Waals surface area contributed by atoms with Crippen LogP contribution in [0.15, 0.2) is 60.7 Å². The van der Waals surface area contributed by atoms with Crippen molar-refractivity contribution in [3.8, 4) is 5.75 Å². The maximum Gasteiger partial charge on any atom is 0.119 e. The fourth-order valence-corrected chi connectivity index (χ4v) is 1.55. The summed E-state index contributed by atoms with van der Waals surface area (Å²) in [5.41, 5.74) is 2.43. The zero-order chi connectivity index (χ0) is 13.2. The third-order valence-electron chi connectivity index (χ3n) is 2.51. The molecule has 1 nitrogen and oxygen atoms in total. The Kier molecular flexibility index (Phi) is 6.63. The normalized spacial score (nSPS) is 11.8.